The molecule has 0 bridgehead atoms. The molecule has 0 aliphatic carbocycles. The average Bonchev–Trinajstić information content (AvgIpc) is 3.70. The molecule has 6 heteroatoms. The molecule has 0 aliphatic rings. The Morgan fingerprint density at radius 2 is 0.882 bits per heavy atom. The van der Waals surface area contributed by atoms with Crippen LogP contribution in [0.15, 0.2) is 169 Å². The summed E-state index contributed by atoms with van der Waals surface area (Å²) in [5, 5.41) is 5.98. The average molecular weight is 654 g/mol. The van der Waals surface area contributed by atoms with Crippen molar-refractivity contribution in [3.05, 3.63) is 174 Å². The van der Waals surface area contributed by atoms with Crippen LogP contribution in [-0.4, -0.2) is 23.5 Å². The van der Waals surface area contributed by atoms with E-state index in [4.69, 9.17) is 9.97 Å². The predicted molar refractivity (Wildman–Crippen MR) is 208 cm³/mol. The van der Waals surface area contributed by atoms with E-state index in [0.29, 0.717) is 22.5 Å². The first-order chi connectivity index (χ1) is 25.2. The minimum absolute atomic E-state index is 0.144. The van der Waals surface area contributed by atoms with Gasteiger partial charge in [0.05, 0.1) is 38.5 Å². The summed E-state index contributed by atoms with van der Waals surface area (Å²) in [5.74, 6) is 0.515. The number of fused-ring (bicyclic) bond motifs is 10. The van der Waals surface area contributed by atoms with Gasteiger partial charge >= 0.3 is 0 Å². The van der Waals surface area contributed by atoms with Crippen LogP contribution >= 0.6 is 0 Å². The highest BCUT2D eigenvalue weighted by atomic mass is 16.1. The monoisotopic (exact) mass is 653 g/mol. The van der Waals surface area contributed by atoms with E-state index in [1.807, 2.05) is 54.6 Å². The van der Waals surface area contributed by atoms with Gasteiger partial charge in [0.25, 0.3) is 5.56 Å². The van der Waals surface area contributed by atoms with Crippen LogP contribution in [-0.2, 0) is 0 Å². The number of nitrogens with zero attached hydrogens (tertiary/aromatic N) is 5. The molecule has 0 radical (unpaired) electrons. The van der Waals surface area contributed by atoms with Gasteiger partial charge in [-0.2, -0.15) is 0 Å². The van der Waals surface area contributed by atoms with Crippen molar-refractivity contribution in [2.24, 2.45) is 0 Å². The van der Waals surface area contributed by atoms with E-state index in [1.165, 1.54) is 21.8 Å². The minimum Gasteiger partial charge on any atom is -0.309 e. The second kappa shape index (κ2) is 10.5. The fraction of sp³-hybridized carbons (Fsp3) is 0. The molecule has 11 aromatic rings. The van der Waals surface area contributed by atoms with Gasteiger partial charge in [-0.1, -0.05) is 91.0 Å². The van der Waals surface area contributed by atoms with Crippen molar-refractivity contribution in [2.75, 3.05) is 0 Å². The summed E-state index contributed by atoms with van der Waals surface area (Å²) in [6, 6.07) is 56.3. The largest absolute Gasteiger partial charge is 0.309 e. The molecule has 6 nitrogen and oxygen atoms in total. The van der Waals surface area contributed by atoms with E-state index < -0.39 is 0 Å². The smallest absolute Gasteiger partial charge is 0.268 e. The van der Waals surface area contributed by atoms with Gasteiger partial charge < -0.3 is 4.57 Å². The second-order valence-corrected chi connectivity index (χ2v) is 13.0. The van der Waals surface area contributed by atoms with Crippen molar-refractivity contribution in [1.82, 2.24) is 23.5 Å². The van der Waals surface area contributed by atoms with Gasteiger partial charge in [0.1, 0.15) is 0 Å². The molecule has 4 aromatic heterocycles. The molecule has 7 aromatic carbocycles. The summed E-state index contributed by atoms with van der Waals surface area (Å²) in [6.07, 6.45) is 0. The zero-order valence-corrected chi connectivity index (χ0v) is 27.2. The SMILES string of the molecule is O=c1c2ccccc2nc2c3ccccc3nc(-n3c4ccccc4c4cc(-c5ccc6c(c5)c5ccccc5n6-c5ccccc5)ccc43)n12. The van der Waals surface area contributed by atoms with E-state index in [2.05, 4.69) is 118 Å². The zero-order chi connectivity index (χ0) is 33.6. The Kier molecular flexibility index (Phi) is 5.72. The minimum atomic E-state index is -0.144. The van der Waals surface area contributed by atoms with Gasteiger partial charge in [-0.25, -0.2) is 14.4 Å². The third kappa shape index (κ3) is 3.95. The standard InChI is InChI=1S/C45H27N5O/c51-44-34-17-5-9-19-38(34)46-43-33-16-4-8-18-37(33)47-45(50(43)44)49-40-21-11-7-15-32(40)36-27-29(23-25-42(36)49)28-22-24-41-35(26-28)31-14-6-10-20-39(31)48(41)30-12-2-1-3-13-30/h1-27H. The van der Waals surface area contributed by atoms with E-state index in [0.717, 1.165) is 49.5 Å². The summed E-state index contributed by atoms with van der Waals surface area (Å²) in [7, 11) is 0. The number of para-hydroxylation sites is 5. The number of rotatable bonds is 3. The van der Waals surface area contributed by atoms with E-state index in [-0.39, 0.29) is 5.56 Å². The molecular formula is C45H27N5O. The molecule has 0 atom stereocenters. The number of hydrogen-bond donors (Lipinski definition) is 0. The third-order valence-electron chi connectivity index (χ3n) is 10.2. The normalized spacial score (nSPS) is 12.0. The van der Waals surface area contributed by atoms with Gasteiger partial charge in [0.15, 0.2) is 5.65 Å². The molecule has 0 N–H and O–H groups in total. The summed E-state index contributed by atoms with van der Waals surface area (Å²) in [4.78, 5) is 24.5. The molecule has 4 heterocycles. The summed E-state index contributed by atoms with van der Waals surface area (Å²) >= 11 is 0. The van der Waals surface area contributed by atoms with Gasteiger partial charge in [-0.05, 0) is 83.9 Å². The lowest BCUT2D eigenvalue weighted by molar-refractivity contribution is 0.927. The molecule has 11 rings (SSSR count). The molecule has 238 valence electrons. The third-order valence-corrected chi connectivity index (χ3v) is 10.2. The van der Waals surface area contributed by atoms with Gasteiger partial charge in [-0.3, -0.25) is 9.36 Å². The van der Waals surface area contributed by atoms with Crippen LogP contribution in [0.1, 0.15) is 0 Å². The van der Waals surface area contributed by atoms with Crippen molar-refractivity contribution >= 4 is 71.1 Å². The molecular weight excluding hydrogens is 627 g/mol. The highest BCUT2D eigenvalue weighted by molar-refractivity contribution is 6.12. The Balaban J connectivity index is 1.18. The molecule has 0 saturated heterocycles. The molecule has 0 aliphatic heterocycles. The molecule has 0 fully saturated rings. The van der Waals surface area contributed by atoms with Crippen LogP contribution in [0.25, 0.3) is 93.8 Å². The van der Waals surface area contributed by atoms with Crippen LogP contribution < -0.4 is 5.56 Å². The first-order valence-electron chi connectivity index (χ1n) is 17.1. The summed E-state index contributed by atoms with van der Waals surface area (Å²) < 4.78 is 6.13. The summed E-state index contributed by atoms with van der Waals surface area (Å²) in [6.45, 7) is 0. The van der Waals surface area contributed by atoms with Crippen molar-refractivity contribution in [1.29, 1.82) is 0 Å². The second-order valence-electron chi connectivity index (χ2n) is 13.0. The highest BCUT2D eigenvalue weighted by Crippen LogP contribution is 2.38. The Hall–Kier alpha value is -7.05. The molecule has 0 spiro atoms. The maximum atomic E-state index is 14.3. The van der Waals surface area contributed by atoms with Crippen LogP contribution in [0, 0.1) is 0 Å². The van der Waals surface area contributed by atoms with E-state index in [1.54, 1.807) is 4.40 Å². The number of benzene rings is 7. The first-order valence-corrected chi connectivity index (χ1v) is 17.1. The van der Waals surface area contributed by atoms with Crippen molar-refractivity contribution in [3.8, 4) is 22.8 Å². The van der Waals surface area contributed by atoms with Crippen LogP contribution in [0.2, 0.25) is 0 Å². The molecule has 0 saturated carbocycles. The molecule has 0 unspecified atom stereocenters. The van der Waals surface area contributed by atoms with E-state index >= 15 is 0 Å². The van der Waals surface area contributed by atoms with Crippen LogP contribution in [0.5, 0.6) is 0 Å². The van der Waals surface area contributed by atoms with Gasteiger partial charge in [0, 0.05) is 32.6 Å². The van der Waals surface area contributed by atoms with Crippen LogP contribution in [0.3, 0.4) is 0 Å². The molecule has 51 heavy (non-hydrogen) atoms. The Morgan fingerprint density at radius 3 is 1.55 bits per heavy atom. The lowest BCUT2D eigenvalue weighted by atomic mass is 10.0. The fourth-order valence-electron chi connectivity index (χ4n) is 7.94. The van der Waals surface area contributed by atoms with E-state index in [9.17, 15) is 4.79 Å². The quantitative estimate of drug-likeness (QED) is 0.141. The Bertz CT molecular complexity index is 3280. The highest BCUT2D eigenvalue weighted by Gasteiger charge is 2.21. The predicted octanol–water partition coefficient (Wildman–Crippen LogP) is 10.3. The fourth-order valence-corrected chi connectivity index (χ4v) is 7.94. The number of hydrogen-bond acceptors (Lipinski definition) is 3. The zero-order valence-electron chi connectivity index (χ0n) is 27.2. The van der Waals surface area contributed by atoms with Gasteiger partial charge in [0.2, 0.25) is 5.95 Å². The summed E-state index contributed by atoms with van der Waals surface area (Å²) in [5.41, 5.74) is 9.57. The van der Waals surface area contributed by atoms with Crippen molar-refractivity contribution in [2.45, 2.75) is 0 Å². The maximum absolute atomic E-state index is 14.3. The Labute approximate surface area is 290 Å². The van der Waals surface area contributed by atoms with Crippen LogP contribution in [0.4, 0.5) is 0 Å². The molecule has 0 amide bonds. The lowest BCUT2D eigenvalue weighted by Gasteiger charge is -2.14. The van der Waals surface area contributed by atoms with Crippen molar-refractivity contribution in [3.63, 3.8) is 0 Å². The maximum Gasteiger partial charge on any atom is 0.268 e. The van der Waals surface area contributed by atoms with Crippen molar-refractivity contribution < 1.29 is 0 Å². The Morgan fingerprint density at radius 1 is 0.392 bits per heavy atom. The lowest BCUT2D eigenvalue weighted by Crippen LogP contribution is -2.21. The van der Waals surface area contributed by atoms with Gasteiger partial charge in [-0.15, -0.1) is 0 Å². The topological polar surface area (TPSA) is 57.1 Å². The first kappa shape index (κ1) is 27.9. The number of aromatic nitrogens is 5.